The second-order valence-corrected chi connectivity index (χ2v) is 6.67. The molecule has 0 bridgehead atoms. The molecule has 1 atom stereocenters. The molecule has 1 unspecified atom stereocenters. The number of Topliss-reactive ketones (excluding diaryl/α,β-unsaturated/α-hetero) is 1. The molecule has 2 aromatic rings. The first kappa shape index (κ1) is 18.2. The van der Waals surface area contributed by atoms with Crippen LogP contribution in [0.15, 0.2) is 66.8 Å². The van der Waals surface area contributed by atoms with E-state index < -0.39 is 17.7 Å². The Morgan fingerprint density at radius 3 is 2.12 bits per heavy atom. The number of nitrogens with zero attached hydrogens (tertiary/aromatic N) is 1. The molecule has 6 heteroatoms. The molecule has 1 aliphatic rings. The largest absolute Gasteiger partial charge is 0.507 e. The van der Waals surface area contributed by atoms with Gasteiger partial charge in [0.15, 0.2) is 0 Å². The van der Waals surface area contributed by atoms with Gasteiger partial charge in [-0.2, -0.15) is 0 Å². The lowest BCUT2D eigenvalue weighted by molar-refractivity contribution is -0.139. The average Bonchev–Trinajstić information content (AvgIpc) is 2.88. The van der Waals surface area contributed by atoms with Gasteiger partial charge in [0.05, 0.1) is 11.6 Å². The maximum Gasteiger partial charge on any atom is 0.295 e. The first-order valence-electron chi connectivity index (χ1n) is 7.84. The number of benzene rings is 2. The van der Waals surface area contributed by atoms with Crippen molar-refractivity contribution in [3.8, 4) is 0 Å². The highest BCUT2D eigenvalue weighted by molar-refractivity contribution is 6.46. The van der Waals surface area contributed by atoms with Gasteiger partial charge < -0.3 is 10.0 Å². The van der Waals surface area contributed by atoms with Crippen LogP contribution in [0.2, 0.25) is 10.0 Å². The second kappa shape index (κ2) is 7.36. The molecule has 1 saturated heterocycles. The maximum absolute atomic E-state index is 12.6. The fourth-order valence-electron chi connectivity index (χ4n) is 2.96. The Labute approximate surface area is 161 Å². The number of hydrogen-bond donors (Lipinski definition) is 1. The molecule has 2 aromatic carbocycles. The second-order valence-electron chi connectivity index (χ2n) is 5.80. The van der Waals surface area contributed by atoms with Gasteiger partial charge in [0.2, 0.25) is 0 Å². The zero-order valence-electron chi connectivity index (χ0n) is 13.7. The fourth-order valence-corrected chi connectivity index (χ4v) is 3.21. The standard InChI is InChI=1S/C20H15Cl2NO3/c1-2-11-23-17(12-3-7-14(21)8-4-12)16(19(25)20(23)26)18(24)13-5-9-15(22)10-6-13/h2-10,17,24H,1,11H2. The van der Waals surface area contributed by atoms with Crippen LogP contribution in [0.1, 0.15) is 17.2 Å². The van der Waals surface area contributed by atoms with E-state index in [1.54, 1.807) is 48.5 Å². The van der Waals surface area contributed by atoms with E-state index in [1.165, 1.54) is 11.0 Å². The van der Waals surface area contributed by atoms with Gasteiger partial charge in [-0.1, -0.05) is 41.4 Å². The number of rotatable bonds is 4. The van der Waals surface area contributed by atoms with Gasteiger partial charge >= 0.3 is 0 Å². The zero-order chi connectivity index (χ0) is 18.8. The maximum atomic E-state index is 12.6. The Morgan fingerprint density at radius 2 is 1.58 bits per heavy atom. The predicted molar refractivity (Wildman–Crippen MR) is 102 cm³/mol. The minimum absolute atomic E-state index is 0.0292. The summed E-state index contributed by atoms with van der Waals surface area (Å²) in [7, 11) is 0. The third kappa shape index (κ3) is 3.26. The van der Waals surface area contributed by atoms with Gasteiger partial charge in [0.25, 0.3) is 11.7 Å². The summed E-state index contributed by atoms with van der Waals surface area (Å²) in [5.74, 6) is -1.66. The summed E-state index contributed by atoms with van der Waals surface area (Å²) >= 11 is 11.8. The molecule has 26 heavy (non-hydrogen) atoms. The van der Waals surface area contributed by atoms with Crippen molar-refractivity contribution in [1.29, 1.82) is 0 Å². The van der Waals surface area contributed by atoms with Crippen molar-refractivity contribution >= 4 is 40.7 Å². The molecule has 0 radical (unpaired) electrons. The van der Waals surface area contributed by atoms with Crippen LogP contribution in [0.25, 0.3) is 5.76 Å². The van der Waals surface area contributed by atoms with Crippen molar-refractivity contribution in [3.63, 3.8) is 0 Å². The molecule has 1 fully saturated rings. The van der Waals surface area contributed by atoms with Crippen molar-refractivity contribution < 1.29 is 14.7 Å². The van der Waals surface area contributed by atoms with Crippen LogP contribution in [0.4, 0.5) is 0 Å². The van der Waals surface area contributed by atoms with Gasteiger partial charge in [0, 0.05) is 22.2 Å². The molecular formula is C20H15Cl2NO3. The highest BCUT2D eigenvalue weighted by Crippen LogP contribution is 2.39. The summed E-state index contributed by atoms with van der Waals surface area (Å²) in [5.41, 5.74) is 1.11. The number of carbonyl (C=O) groups is 2. The van der Waals surface area contributed by atoms with Crippen LogP contribution in [0.3, 0.4) is 0 Å². The van der Waals surface area contributed by atoms with E-state index >= 15 is 0 Å². The van der Waals surface area contributed by atoms with Crippen LogP contribution in [-0.2, 0) is 9.59 Å². The van der Waals surface area contributed by atoms with E-state index in [-0.39, 0.29) is 17.9 Å². The lowest BCUT2D eigenvalue weighted by Gasteiger charge is -2.24. The van der Waals surface area contributed by atoms with E-state index in [1.807, 2.05) is 0 Å². The number of aliphatic hydroxyl groups is 1. The van der Waals surface area contributed by atoms with E-state index in [0.717, 1.165) is 0 Å². The Kier molecular flexibility index (Phi) is 5.16. The number of carbonyl (C=O) groups excluding carboxylic acids is 2. The summed E-state index contributed by atoms with van der Waals surface area (Å²) in [6.07, 6.45) is 1.54. The van der Waals surface area contributed by atoms with Crippen LogP contribution < -0.4 is 0 Å². The van der Waals surface area contributed by atoms with Gasteiger partial charge in [-0.05, 0) is 42.0 Å². The van der Waals surface area contributed by atoms with Crippen molar-refractivity contribution in [2.24, 2.45) is 0 Å². The Morgan fingerprint density at radius 1 is 1.04 bits per heavy atom. The van der Waals surface area contributed by atoms with Crippen molar-refractivity contribution in [2.45, 2.75) is 6.04 Å². The third-order valence-electron chi connectivity index (χ3n) is 4.17. The number of likely N-dealkylation sites (tertiary alicyclic amines) is 1. The Hall–Kier alpha value is -2.56. The van der Waals surface area contributed by atoms with Gasteiger partial charge in [-0.3, -0.25) is 9.59 Å². The summed E-state index contributed by atoms with van der Waals surface area (Å²) < 4.78 is 0. The predicted octanol–water partition coefficient (Wildman–Crippen LogP) is 4.60. The SMILES string of the molecule is C=CCN1C(=O)C(=O)C(=C(O)c2ccc(Cl)cc2)C1c1ccc(Cl)cc1. The first-order chi connectivity index (χ1) is 12.4. The molecule has 0 aromatic heterocycles. The van der Waals surface area contributed by atoms with Crippen LogP contribution >= 0.6 is 23.2 Å². The molecule has 3 rings (SSSR count). The van der Waals surface area contributed by atoms with Crippen molar-refractivity contribution in [1.82, 2.24) is 4.90 Å². The fraction of sp³-hybridized carbons (Fsp3) is 0.100. The van der Waals surface area contributed by atoms with Gasteiger partial charge in [-0.25, -0.2) is 0 Å². The lowest BCUT2D eigenvalue weighted by atomic mass is 9.95. The molecule has 132 valence electrons. The number of hydrogen-bond acceptors (Lipinski definition) is 3. The van der Waals surface area contributed by atoms with Gasteiger partial charge in [-0.15, -0.1) is 6.58 Å². The van der Waals surface area contributed by atoms with Crippen LogP contribution in [0, 0.1) is 0 Å². The molecule has 0 aliphatic carbocycles. The highest BCUT2D eigenvalue weighted by atomic mass is 35.5. The number of ketones is 1. The highest BCUT2D eigenvalue weighted by Gasteiger charge is 2.45. The smallest absolute Gasteiger partial charge is 0.295 e. The lowest BCUT2D eigenvalue weighted by Crippen LogP contribution is -2.29. The molecule has 0 spiro atoms. The van der Waals surface area contributed by atoms with E-state index in [9.17, 15) is 14.7 Å². The Balaban J connectivity index is 2.18. The molecule has 1 aliphatic heterocycles. The number of halogens is 2. The first-order valence-corrected chi connectivity index (χ1v) is 8.60. The molecular weight excluding hydrogens is 373 g/mol. The molecule has 0 saturated carbocycles. The Bertz CT molecular complexity index is 902. The molecule has 1 amide bonds. The topological polar surface area (TPSA) is 57.6 Å². The monoisotopic (exact) mass is 387 g/mol. The molecule has 1 N–H and O–H groups in total. The minimum Gasteiger partial charge on any atom is -0.507 e. The van der Waals surface area contributed by atoms with Crippen molar-refractivity contribution in [3.05, 3.63) is 87.9 Å². The quantitative estimate of drug-likeness (QED) is 0.361. The van der Waals surface area contributed by atoms with Crippen LogP contribution in [0.5, 0.6) is 0 Å². The number of aliphatic hydroxyl groups excluding tert-OH is 1. The molecule has 1 heterocycles. The molecule has 4 nitrogen and oxygen atoms in total. The number of amides is 1. The third-order valence-corrected chi connectivity index (χ3v) is 4.67. The van der Waals surface area contributed by atoms with E-state index in [0.29, 0.717) is 21.2 Å². The summed E-state index contributed by atoms with van der Waals surface area (Å²) in [4.78, 5) is 26.5. The summed E-state index contributed by atoms with van der Waals surface area (Å²) in [6, 6.07) is 12.5. The normalized spacial score (nSPS) is 19.0. The van der Waals surface area contributed by atoms with E-state index in [4.69, 9.17) is 23.2 Å². The summed E-state index contributed by atoms with van der Waals surface area (Å²) in [6.45, 7) is 3.82. The van der Waals surface area contributed by atoms with E-state index in [2.05, 4.69) is 6.58 Å². The van der Waals surface area contributed by atoms with Crippen molar-refractivity contribution in [2.75, 3.05) is 6.54 Å². The summed E-state index contributed by atoms with van der Waals surface area (Å²) in [5, 5.41) is 11.8. The average molecular weight is 388 g/mol. The minimum atomic E-state index is -0.737. The zero-order valence-corrected chi connectivity index (χ0v) is 15.2. The van der Waals surface area contributed by atoms with Gasteiger partial charge in [0.1, 0.15) is 5.76 Å². The van der Waals surface area contributed by atoms with Crippen LogP contribution in [-0.4, -0.2) is 28.2 Å².